The molecule has 0 heterocycles. The van der Waals surface area contributed by atoms with E-state index in [1.165, 1.54) is 17.0 Å². The van der Waals surface area contributed by atoms with Gasteiger partial charge in [0.05, 0.1) is 11.9 Å². The van der Waals surface area contributed by atoms with Gasteiger partial charge in [0.2, 0.25) is 21.8 Å². The van der Waals surface area contributed by atoms with E-state index in [-0.39, 0.29) is 18.9 Å². The fourth-order valence-electron chi connectivity index (χ4n) is 4.01. The van der Waals surface area contributed by atoms with Gasteiger partial charge in [-0.2, -0.15) is 0 Å². The van der Waals surface area contributed by atoms with E-state index < -0.39 is 39.9 Å². The molecule has 2 amide bonds. The highest BCUT2D eigenvalue weighted by atomic mass is 79.9. The van der Waals surface area contributed by atoms with Gasteiger partial charge in [0, 0.05) is 23.0 Å². The van der Waals surface area contributed by atoms with Gasteiger partial charge in [-0.05, 0) is 68.3 Å². The first-order chi connectivity index (χ1) is 18.2. The zero-order chi connectivity index (χ0) is 28.8. The van der Waals surface area contributed by atoms with Crippen LogP contribution < -0.4 is 9.62 Å². The van der Waals surface area contributed by atoms with Gasteiger partial charge >= 0.3 is 0 Å². The van der Waals surface area contributed by atoms with Gasteiger partial charge < -0.3 is 10.2 Å². The third kappa shape index (κ3) is 9.18. The Morgan fingerprint density at radius 2 is 1.51 bits per heavy atom. The zero-order valence-corrected chi connectivity index (χ0v) is 24.8. The van der Waals surface area contributed by atoms with Gasteiger partial charge in [0.1, 0.15) is 18.4 Å². The summed E-state index contributed by atoms with van der Waals surface area (Å²) in [5.41, 5.74) is 1.17. The van der Waals surface area contributed by atoms with Crippen LogP contribution in [0.1, 0.15) is 31.9 Å². The Labute approximate surface area is 238 Å². The maximum Gasteiger partial charge on any atom is 0.244 e. The van der Waals surface area contributed by atoms with E-state index in [0.29, 0.717) is 11.3 Å². The van der Waals surface area contributed by atoms with Crippen molar-refractivity contribution in [3.05, 3.63) is 100 Å². The lowest BCUT2D eigenvalue weighted by Gasteiger charge is -2.35. The van der Waals surface area contributed by atoms with Crippen molar-refractivity contribution in [3.8, 4) is 0 Å². The number of hydrogen-bond acceptors (Lipinski definition) is 4. The molecule has 3 aromatic carbocycles. The number of halogens is 2. The number of rotatable bonds is 10. The minimum absolute atomic E-state index is 0.0217. The zero-order valence-electron chi connectivity index (χ0n) is 22.4. The van der Waals surface area contributed by atoms with E-state index in [4.69, 9.17) is 0 Å². The van der Waals surface area contributed by atoms with Crippen LogP contribution in [-0.2, 0) is 32.6 Å². The van der Waals surface area contributed by atoms with E-state index in [9.17, 15) is 22.4 Å². The smallest absolute Gasteiger partial charge is 0.244 e. The molecule has 0 aliphatic carbocycles. The van der Waals surface area contributed by atoms with Crippen molar-refractivity contribution in [2.24, 2.45) is 0 Å². The Hall–Kier alpha value is -3.24. The second-order valence-corrected chi connectivity index (χ2v) is 13.2. The molecule has 0 saturated carbocycles. The van der Waals surface area contributed by atoms with Gasteiger partial charge in [0.25, 0.3) is 0 Å². The molecule has 0 aliphatic heterocycles. The molecule has 0 bridgehead atoms. The number of amides is 2. The monoisotopic (exact) mass is 617 g/mol. The van der Waals surface area contributed by atoms with E-state index in [0.717, 1.165) is 20.6 Å². The Balaban J connectivity index is 2.06. The lowest BCUT2D eigenvalue weighted by molar-refractivity contribution is -0.140. The number of carbonyl (C=O) groups excluding carboxylic acids is 2. The summed E-state index contributed by atoms with van der Waals surface area (Å²) in [6, 6.07) is 20.5. The van der Waals surface area contributed by atoms with Crippen molar-refractivity contribution in [2.75, 3.05) is 17.1 Å². The standard InChI is InChI=1S/C29H33BrFN3O4S/c1-29(2,3)32-28(36)26(18-21-8-6-5-7-9-21)33(19-22-10-14-24(31)15-11-22)27(35)20-34(39(4,37)38)25-16-12-23(30)13-17-25/h5-17,26H,18-20H2,1-4H3,(H,32,36)/t26-/m0/s1. The minimum Gasteiger partial charge on any atom is -0.350 e. The van der Waals surface area contributed by atoms with E-state index >= 15 is 0 Å². The molecule has 1 N–H and O–H groups in total. The highest BCUT2D eigenvalue weighted by molar-refractivity contribution is 9.10. The van der Waals surface area contributed by atoms with Crippen LogP contribution >= 0.6 is 15.9 Å². The van der Waals surface area contributed by atoms with Crippen LogP contribution in [0, 0.1) is 5.82 Å². The summed E-state index contributed by atoms with van der Waals surface area (Å²) < 4.78 is 41.0. The molecule has 10 heteroatoms. The molecular weight excluding hydrogens is 585 g/mol. The molecule has 1 atom stereocenters. The molecule has 0 aliphatic rings. The van der Waals surface area contributed by atoms with E-state index in [2.05, 4.69) is 21.2 Å². The normalized spacial score (nSPS) is 12.5. The molecule has 39 heavy (non-hydrogen) atoms. The highest BCUT2D eigenvalue weighted by Crippen LogP contribution is 2.23. The summed E-state index contributed by atoms with van der Waals surface area (Å²) in [7, 11) is -3.85. The molecule has 0 saturated heterocycles. The number of benzene rings is 3. The summed E-state index contributed by atoms with van der Waals surface area (Å²) in [4.78, 5) is 29.0. The van der Waals surface area contributed by atoms with Crippen molar-refractivity contribution in [1.29, 1.82) is 0 Å². The third-order valence-electron chi connectivity index (χ3n) is 5.83. The quantitative estimate of drug-likeness (QED) is 0.350. The van der Waals surface area contributed by atoms with Crippen LogP contribution in [0.3, 0.4) is 0 Å². The number of sulfonamides is 1. The van der Waals surface area contributed by atoms with Gasteiger partial charge in [0.15, 0.2) is 0 Å². The van der Waals surface area contributed by atoms with Gasteiger partial charge in [-0.15, -0.1) is 0 Å². The van der Waals surface area contributed by atoms with Crippen LogP contribution in [0.15, 0.2) is 83.3 Å². The van der Waals surface area contributed by atoms with Crippen LogP contribution in [-0.4, -0.2) is 49.5 Å². The molecule has 208 valence electrons. The second kappa shape index (κ2) is 12.7. The minimum atomic E-state index is -3.85. The number of nitrogens with zero attached hydrogens (tertiary/aromatic N) is 2. The van der Waals surface area contributed by atoms with Crippen molar-refractivity contribution in [3.63, 3.8) is 0 Å². The van der Waals surface area contributed by atoms with Crippen molar-refractivity contribution < 1.29 is 22.4 Å². The third-order valence-corrected chi connectivity index (χ3v) is 7.50. The fourth-order valence-corrected chi connectivity index (χ4v) is 5.13. The number of hydrogen-bond donors (Lipinski definition) is 1. The average Bonchev–Trinajstić information content (AvgIpc) is 2.85. The molecule has 0 radical (unpaired) electrons. The highest BCUT2D eigenvalue weighted by Gasteiger charge is 2.34. The Kier molecular flexibility index (Phi) is 9.90. The maximum absolute atomic E-state index is 14.0. The Bertz CT molecular complexity index is 1380. The molecule has 0 spiro atoms. The molecule has 0 fully saturated rings. The topological polar surface area (TPSA) is 86.8 Å². The molecule has 3 aromatic rings. The SMILES string of the molecule is CC(C)(C)NC(=O)[C@H](Cc1ccccc1)N(Cc1ccc(F)cc1)C(=O)CN(c1ccc(Br)cc1)S(C)(=O)=O. The molecule has 3 rings (SSSR count). The van der Waals surface area contributed by atoms with Crippen molar-refractivity contribution in [2.45, 2.75) is 45.3 Å². The van der Waals surface area contributed by atoms with Crippen LogP contribution in [0.5, 0.6) is 0 Å². The summed E-state index contributed by atoms with van der Waals surface area (Å²) in [5, 5.41) is 2.96. The first-order valence-corrected chi connectivity index (χ1v) is 15.0. The summed E-state index contributed by atoms with van der Waals surface area (Å²) >= 11 is 3.34. The first kappa shape index (κ1) is 30.3. The predicted molar refractivity (Wildman–Crippen MR) is 155 cm³/mol. The lowest BCUT2D eigenvalue weighted by Crippen LogP contribution is -2.56. The van der Waals surface area contributed by atoms with E-state index in [1.807, 2.05) is 51.1 Å². The summed E-state index contributed by atoms with van der Waals surface area (Å²) in [6.07, 6.45) is 1.23. The Morgan fingerprint density at radius 1 is 0.923 bits per heavy atom. The molecule has 0 unspecified atom stereocenters. The van der Waals surface area contributed by atoms with Crippen molar-refractivity contribution >= 4 is 43.5 Å². The van der Waals surface area contributed by atoms with Gasteiger partial charge in [-0.25, -0.2) is 12.8 Å². The Morgan fingerprint density at radius 3 is 2.05 bits per heavy atom. The van der Waals surface area contributed by atoms with Crippen molar-refractivity contribution in [1.82, 2.24) is 10.2 Å². The molecule has 0 aromatic heterocycles. The lowest BCUT2D eigenvalue weighted by atomic mass is 10.0. The van der Waals surface area contributed by atoms with Crippen LogP contribution in [0.25, 0.3) is 0 Å². The second-order valence-electron chi connectivity index (χ2n) is 10.3. The number of nitrogens with one attached hydrogen (secondary N) is 1. The number of carbonyl (C=O) groups is 2. The molecule has 7 nitrogen and oxygen atoms in total. The van der Waals surface area contributed by atoms with Gasteiger partial charge in [-0.3, -0.25) is 13.9 Å². The number of anilines is 1. The largest absolute Gasteiger partial charge is 0.350 e. The summed E-state index contributed by atoms with van der Waals surface area (Å²) in [6.45, 7) is 4.99. The van der Waals surface area contributed by atoms with Crippen LogP contribution in [0.2, 0.25) is 0 Å². The fraction of sp³-hybridized carbons (Fsp3) is 0.310. The first-order valence-electron chi connectivity index (χ1n) is 12.4. The average molecular weight is 619 g/mol. The summed E-state index contributed by atoms with van der Waals surface area (Å²) in [5.74, 6) is -1.38. The maximum atomic E-state index is 14.0. The van der Waals surface area contributed by atoms with Gasteiger partial charge in [-0.1, -0.05) is 58.4 Å². The van der Waals surface area contributed by atoms with Crippen LogP contribution in [0.4, 0.5) is 10.1 Å². The predicted octanol–water partition coefficient (Wildman–Crippen LogP) is 4.91. The molecular formula is C29H33BrFN3O4S. The van der Waals surface area contributed by atoms with E-state index in [1.54, 1.807) is 36.4 Å².